The van der Waals surface area contributed by atoms with Crippen LogP contribution in [0.25, 0.3) is 0 Å². The number of aromatic nitrogens is 2. The van der Waals surface area contributed by atoms with Crippen LogP contribution in [-0.2, 0) is 16.6 Å². The number of piperidine rings is 1. The molecule has 0 saturated carbocycles. The fourth-order valence-electron chi connectivity index (χ4n) is 3.29. The monoisotopic (exact) mass is 362 g/mol. The second-order valence-electron chi connectivity index (χ2n) is 6.23. The minimum atomic E-state index is -3.75. The van der Waals surface area contributed by atoms with Crippen LogP contribution in [0.1, 0.15) is 41.9 Å². The Morgan fingerprint density at radius 2 is 2.04 bits per heavy atom. The molecule has 8 heteroatoms. The second kappa shape index (κ2) is 6.97. The third kappa shape index (κ3) is 3.74. The summed E-state index contributed by atoms with van der Waals surface area (Å²) in [7, 11) is -3.75. The molecule has 0 radical (unpaired) electrons. The van der Waals surface area contributed by atoms with Crippen LogP contribution in [0, 0.1) is 0 Å². The fourth-order valence-corrected chi connectivity index (χ4v) is 3.81. The zero-order valence-corrected chi connectivity index (χ0v) is 14.9. The number of primary sulfonamides is 1. The maximum atomic E-state index is 12.7. The number of benzene rings is 1. The lowest BCUT2D eigenvalue weighted by molar-refractivity contribution is 0.0703. The largest absolute Gasteiger partial charge is 0.338 e. The van der Waals surface area contributed by atoms with Gasteiger partial charge < -0.3 is 9.47 Å². The number of hydrogen-bond acceptors (Lipinski definition) is 4. The molecular weight excluding hydrogens is 340 g/mol. The quantitative estimate of drug-likeness (QED) is 0.892. The summed E-state index contributed by atoms with van der Waals surface area (Å²) in [5, 5.41) is 5.09. The van der Waals surface area contributed by atoms with E-state index < -0.39 is 10.0 Å². The summed E-state index contributed by atoms with van der Waals surface area (Å²) in [6, 6.07) is 5.76. The van der Waals surface area contributed by atoms with Crippen LogP contribution < -0.4 is 5.14 Å². The molecule has 2 N–H and O–H groups in total. The van der Waals surface area contributed by atoms with Crippen molar-refractivity contribution in [2.75, 3.05) is 13.1 Å². The zero-order valence-electron chi connectivity index (χ0n) is 14.1. The van der Waals surface area contributed by atoms with Gasteiger partial charge in [-0.2, -0.15) is 0 Å². The molecule has 25 heavy (non-hydrogen) atoms. The van der Waals surface area contributed by atoms with Crippen LogP contribution >= 0.6 is 0 Å². The molecule has 1 unspecified atom stereocenters. The summed E-state index contributed by atoms with van der Waals surface area (Å²) < 4.78 is 24.8. The van der Waals surface area contributed by atoms with E-state index in [9.17, 15) is 13.2 Å². The van der Waals surface area contributed by atoms with Crippen LogP contribution in [0.5, 0.6) is 0 Å². The van der Waals surface area contributed by atoms with E-state index in [4.69, 9.17) is 5.14 Å². The molecule has 134 valence electrons. The highest BCUT2D eigenvalue weighted by atomic mass is 32.2. The minimum Gasteiger partial charge on any atom is -0.338 e. The van der Waals surface area contributed by atoms with E-state index >= 15 is 0 Å². The highest BCUT2D eigenvalue weighted by Crippen LogP contribution is 2.27. The summed E-state index contributed by atoms with van der Waals surface area (Å²) in [5.41, 5.74) is 0.465. The molecule has 0 spiro atoms. The normalized spacial score (nSPS) is 18.3. The number of carbonyl (C=O) groups is 1. The van der Waals surface area contributed by atoms with E-state index in [-0.39, 0.29) is 16.7 Å². The molecule has 1 aliphatic heterocycles. The Morgan fingerprint density at radius 1 is 1.32 bits per heavy atom. The first kappa shape index (κ1) is 17.6. The van der Waals surface area contributed by atoms with Crippen molar-refractivity contribution >= 4 is 15.9 Å². The Bertz CT molecular complexity index is 858. The molecule has 1 fully saturated rings. The number of rotatable bonds is 4. The Balaban J connectivity index is 1.76. The predicted molar refractivity (Wildman–Crippen MR) is 93.6 cm³/mol. The van der Waals surface area contributed by atoms with Gasteiger partial charge in [-0.05, 0) is 44.0 Å². The van der Waals surface area contributed by atoms with Crippen molar-refractivity contribution in [1.82, 2.24) is 14.5 Å². The fraction of sp³-hybridized carbons (Fsp3) is 0.412. The number of imidazole rings is 1. The Hall–Kier alpha value is -2.19. The summed E-state index contributed by atoms with van der Waals surface area (Å²) in [6.07, 6.45) is 5.68. The van der Waals surface area contributed by atoms with E-state index in [1.807, 2.05) is 11.1 Å². The number of hydrogen-bond donors (Lipinski definition) is 1. The first-order chi connectivity index (χ1) is 11.9. The molecule has 1 atom stereocenters. The van der Waals surface area contributed by atoms with Crippen LogP contribution in [0.2, 0.25) is 0 Å². The second-order valence-corrected chi connectivity index (χ2v) is 7.79. The molecule has 7 nitrogen and oxygen atoms in total. The highest BCUT2D eigenvalue weighted by molar-refractivity contribution is 7.89. The first-order valence-corrected chi connectivity index (χ1v) is 9.88. The van der Waals surface area contributed by atoms with E-state index in [0.29, 0.717) is 18.7 Å². The average molecular weight is 362 g/mol. The number of carbonyl (C=O) groups excluding carboxylic acids is 1. The van der Waals surface area contributed by atoms with Crippen molar-refractivity contribution in [3.05, 3.63) is 48.0 Å². The molecule has 2 heterocycles. The van der Waals surface area contributed by atoms with E-state index in [1.54, 1.807) is 6.20 Å². The third-order valence-electron chi connectivity index (χ3n) is 4.59. The van der Waals surface area contributed by atoms with Gasteiger partial charge in [0, 0.05) is 43.5 Å². The predicted octanol–water partition coefficient (Wildman–Crippen LogP) is 1.57. The third-order valence-corrected chi connectivity index (χ3v) is 5.52. The minimum absolute atomic E-state index is 0.00513. The summed E-state index contributed by atoms with van der Waals surface area (Å²) in [6.45, 7) is 4.24. The molecular formula is C17H22N4O3S. The molecule has 1 aromatic carbocycles. The first-order valence-electron chi connectivity index (χ1n) is 8.33. The van der Waals surface area contributed by atoms with Gasteiger partial charge in [-0.15, -0.1) is 0 Å². The van der Waals surface area contributed by atoms with Crippen molar-refractivity contribution in [1.29, 1.82) is 0 Å². The van der Waals surface area contributed by atoms with Crippen LogP contribution in [0.4, 0.5) is 0 Å². The van der Waals surface area contributed by atoms with Crippen molar-refractivity contribution < 1.29 is 13.2 Å². The molecule has 1 saturated heterocycles. The van der Waals surface area contributed by atoms with E-state index in [0.717, 1.165) is 25.2 Å². The van der Waals surface area contributed by atoms with E-state index in [2.05, 4.69) is 16.5 Å². The molecule has 1 amide bonds. The molecule has 2 aromatic rings. The molecule has 0 bridgehead atoms. The van der Waals surface area contributed by atoms with Gasteiger partial charge in [0.2, 0.25) is 10.0 Å². The number of nitrogens with two attached hydrogens (primary N) is 1. The number of likely N-dealkylation sites (tertiary alicyclic amines) is 1. The van der Waals surface area contributed by atoms with Crippen molar-refractivity contribution in [2.24, 2.45) is 5.14 Å². The molecule has 3 rings (SSSR count). The maximum absolute atomic E-state index is 12.7. The van der Waals surface area contributed by atoms with Crippen molar-refractivity contribution in [2.45, 2.75) is 37.1 Å². The SMILES string of the molecule is CCn1ccnc1C1CCCN(C(=O)c2ccc(S(N)(=O)=O)cc2)C1. The van der Waals surface area contributed by atoms with Gasteiger partial charge in [0.05, 0.1) is 4.90 Å². The number of nitrogens with zero attached hydrogens (tertiary/aromatic N) is 3. The van der Waals surface area contributed by atoms with Crippen LogP contribution in [-0.4, -0.2) is 41.9 Å². The van der Waals surface area contributed by atoms with Gasteiger partial charge in [-0.1, -0.05) is 0 Å². The maximum Gasteiger partial charge on any atom is 0.253 e. The standard InChI is InChI=1S/C17H22N4O3S/c1-2-20-11-9-19-16(20)14-4-3-10-21(12-14)17(22)13-5-7-15(8-6-13)25(18,23)24/h5-9,11,14H,2-4,10,12H2,1H3,(H2,18,23,24). The summed E-state index contributed by atoms with van der Waals surface area (Å²) in [4.78, 5) is 19.0. The van der Waals surface area contributed by atoms with Gasteiger partial charge in [0.15, 0.2) is 0 Å². The van der Waals surface area contributed by atoms with Crippen LogP contribution in [0.15, 0.2) is 41.6 Å². The van der Waals surface area contributed by atoms with Crippen LogP contribution in [0.3, 0.4) is 0 Å². The number of aryl methyl sites for hydroxylation is 1. The van der Waals surface area contributed by atoms with Gasteiger partial charge in [-0.25, -0.2) is 18.5 Å². The summed E-state index contributed by atoms with van der Waals surface area (Å²) >= 11 is 0. The number of amides is 1. The Labute approximate surface area is 147 Å². The molecule has 1 aromatic heterocycles. The Kier molecular flexibility index (Phi) is 4.91. The zero-order chi connectivity index (χ0) is 18.0. The van der Waals surface area contributed by atoms with Gasteiger partial charge in [0.25, 0.3) is 5.91 Å². The Morgan fingerprint density at radius 3 is 2.68 bits per heavy atom. The van der Waals surface area contributed by atoms with Gasteiger partial charge in [-0.3, -0.25) is 4.79 Å². The lowest BCUT2D eigenvalue weighted by atomic mass is 9.96. The lowest BCUT2D eigenvalue weighted by Gasteiger charge is -2.32. The smallest absolute Gasteiger partial charge is 0.253 e. The van der Waals surface area contributed by atoms with E-state index in [1.165, 1.54) is 24.3 Å². The summed E-state index contributed by atoms with van der Waals surface area (Å²) in [5.74, 6) is 1.14. The van der Waals surface area contributed by atoms with Crippen molar-refractivity contribution in [3.8, 4) is 0 Å². The van der Waals surface area contributed by atoms with Gasteiger partial charge in [0.1, 0.15) is 5.82 Å². The number of sulfonamides is 1. The van der Waals surface area contributed by atoms with Crippen molar-refractivity contribution in [3.63, 3.8) is 0 Å². The van der Waals surface area contributed by atoms with Gasteiger partial charge >= 0.3 is 0 Å². The lowest BCUT2D eigenvalue weighted by Crippen LogP contribution is -2.39. The highest BCUT2D eigenvalue weighted by Gasteiger charge is 2.28. The molecule has 0 aliphatic carbocycles. The average Bonchev–Trinajstić information content (AvgIpc) is 3.09. The molecule has 1 aliphatic rings. The topological polar surface area (TPSA) is 98.3 Å².